The van der Waals surface area contributed by atoms with E-state index in [4.69, 9.17) is 21.7 Å². The van der Waals surface area contributed by atoms with E-state index in [0.717, 1.165) is 0 Å². The predicted octanol–water partition coefficient (Wildman–Crippen LogP) is -5.31. The normalized spacial score (nSPS) is 11.3. The van der Waals surface area contributed by atoms with Gasteiger partial charge in [-0.3, -0.25) is 9.59 Å². The van der Waals surface area contributed by atoms with Crippen LogP contribution in [0.15, 0.2) is 0 Å². The monoisotopic (exact) mass is 343 g/mol. The molecule has 1 radical (unpaired) electrons. The molecule has 0 heterocycles. The van der Waals surface area contributed by atoms with E-state index < -0.39 is 48.8 Å². The molecule has 6 N–H and O–H groups in total. The molecule has 0 bridgehead atoms. The van der Waals surface area contributed by atoms with Crippen LogP contribution in [0.2, 0.25) is 0 Å². The van der Waals surface area contributed by atoms with Gasteiger partial charge in [0.05, 0.1) is 36.9 Å². The molecule has 0 amide bonds. The van der Waals surface area contributed by atoms with Gasteiger partial charge in [-0.15, -0.1) is 0 Å². The van der Waals surface area contributed by atoms with Crippen LogP contribution in [-0.2, 0) is 36.2 Å². The molecule has 2 atom stereocenters. The summed E-state index contributed by atoms with van der Waals surface area (Å²) in [4.78, 5) is 39.0. The fraction of sp³-hybridized carbons (Fsp3) is 0.500. The Morgan fingerprint density at radius 2 is 1.05 bits per heavy atom. The van der Waals surface area contributed by atoms with E-state index in [1.807, 2.05) is 0 Å². The third-order valence-electron chi connectivity index (χ3n) is 1.39. The number of carbonyl (C=O) groups is 4. The Kier molecular flexibility index (Phi) is 19.9. The maximum absolute atomic E-state index is 9.74. The molecule has 0 aliphatic carbocycles. The van der Waals surface area contributed by atoms with Crippen molar-refractivity contribution in [3.05, 3.63) is 0 Å². The summed E-state index contributed by atoms with van der Waals surface area (Å²) >= 11 is 0. The molecule has 0 aromatic heterocycles. The van der Waals surface area contributed by atoms with Crippen molar-refractivity contribution in [2.75, 3.05) is 0 Å². The zero-order valence-corrected chi connectivity index (χ0v) is 12.7. The standard InChI is InChI=1S/2C4H7NO4.Mg.Mn/c2*5-2(4(8)9)1-3(6)7;;/h2*2H,1,5H2,(H,6,7)(H,8,9);;/q;;+2;/p-2/t2*2-;;/m00../s1. The van der Waals surface area contributed by atoms with Crippen molar-refractivity contribution in [3.8, 4) is 0 Å². The van der Waals surface area contributed by atoms with Crippen molar-refractivity contribution in [1.82, 2.24) is 0 Å². The van der Waals surface area contributed by atoms with Gasteiger partial charge in [0.25, 0.3) is 0 Å². The molecule has 10 nitrogen and oxygen atoms in total. The molecule has 0 aromatic carbocycles. The van der Waals surface area contributed by atoms with Gasteiger partial charge >= 0.3 is 35.0 Å². The predicted molar refractivity (Wildman–Crippen MR) is 56.2 cm³/mol. The quantitative estimate of drug-likeness (QED) is 0.337. The number of hydrogen-bond donors (Lipinski definition) is 4. The number of carboxylic acids is 4. The Morgan fingerprint density at radius 1 is 0.850 bits per heavy atom. The molecular weight excluding hydrogens is 331 g/mol. The molecule has 111 valence electrons. The van der Waals surface area contributed by atoms with Gasteiger partial charge in [0.15, 0.2) is 0 Å². The molecule has 0 spiro atoms. The van der Waals surface area contributed by atoms with Crippen LogP contribution in [0.3, 0.4) is 0 Å². The van der Waals surface area contributed by atoms with Crippen molar-refractivity contribution in [3.63, 3.8) is 0 Å². The fourth-order valence-electron chi connectivity index (χ4n) is 0.543. The second-order valence-electron chi connectivity index (χ2n) is 3.05. The average molecular weight is 343 g/mol. The molecule has 0 fully saturated rings. The molecule has 20 heavy (non-hydrogen) atoms. The van der Waals surface area contributed by atoms with Gasteiger partial charge in [0, 0.05) is 17.1 Å². The molecule has 0 saturated heterocycles. The summed E-state index contributed by atoms with van der Waals surface area (Å²) in [6.45, 7) is 0. The van der Waals surface area contributed by atoms with Gasteiger partial charge in [-0.25, -0.2) is 0 Å². The molecule has 0 aliphatic rings. The largest absolute Gasteiger partial charge is 2.00 e. The van der Waals surface area contributed by atoms with Crippen LogP contribution < -0.4 is 21.7 Å². The van der Waals surface area contributed by atoms with Gasteiger partial charge in [-0.2, -0.15) is 0 Å². The molecular formula is C8H12MgMnN2O8. The molecule has 0 unspecified atom stereocenters. The fourth-order valence-corrected chi connectivity index (χ4v) is 0.543. The van der Waals surface area contributed by atoms with Crippen molar-refractivity contribution >= 4 is 46.9 Å². The maximum atomic E-state index is 9.74. The minimum atomic E-state index is -1.54. The van der Waals surface area contributed by atoms with E-state index in [9.17, 15) is 29.4 Å². The minimum absolute atomic E-state index is 0. The van der Waals surface area contributed by atoms with E-state index in [1.54, 1.807) is 0 Å². The number of hydrogen-bond acceptors (Lipinski definition) is 8. The first-order chi connectivity index (χ1) is 8.07. The number of carboxylic acid groups (broad SMARTS) is 4. The molecule has 0 rings (SSSR count). The minimum Gasteiger partial charge on any atom is -0.548 e. The molecule has 0 aromatic rings. The Labute approximate surface area is 140 Å². The van der Waals surface area contributed by atoms with Crippen LogP contribution >= 0.6 is 0 Å². The van der Waals surface area contributed by atoms with Crippen molar-refractivity contribution in [2.24, 2.45) is 11.5 Å². The summed E-state index contributed by atoms with van der Waals surface area (Å²) in [6, 6.07) is -2.80. The first kappa shape index (κ1) is 27.4. The summed E-state index contributed by atoms with van der Waals surface area (Å²) in [5.74, 6) is -5.58. The Morgan fingerprint density at radius 3 is 1.10 bits per heavy atom. The molecule has 0 saturated carbocycles. The third kappa shape index (κ3) is 19.4. The summed E-state index contributed by atoms with van der Waals surface area (Å²) in [6.07, 6.45) is -1.19. The van der Waals surface area contributed by atoms with Gasteiger partial charge in [0.1, 0.15) is 0 Å². The molecule has 12 heteroatoms. The van der Waals surface area contributed by atoms with Crippen LogP contribution in [0.4, 0.5) is 0 Å². The Balaban J connectivity index is -0.000000116. The topological polar surface area (TPSA) is 207 Å². The van der Waals surface area contributed by atoms with Crippen molar-refractivity contribution < 1.29 is 56.7 Å². The number of aliphatic carboxylic acids is 4. The van der Waals surface area contributed by atoms with E-state index in [2.05, 4.69) is 0 Å². The average Bonchev–Trinajstić information content (AvgIpc) is 2.16. The van der Waals surface area contributed by atoms with Crippen LogP contribution in [0.25, 0.3) is 0 Å². The second kappa shape index (κ2) is 14.5. The van der Waals surface area contributed by atoms with E-state index >= 15 is 0 Å². The third-order valence-corrected chi connectivity index (χ3v) is 1.39. The van der Waals surface area contributed by atoms with Gasteiger partial charge in [-0.05, 0) is 0 Å². The van der Waals surface area contributed by atoms with E-state index in [-0.39, 0.29) is 40.1 Å². The first-order valence-electron chi connectivity index (χ1n) is 4.44. The molecule has 0 aliphatic heterocycles. The zero-order chi connectivity index (χ0) is 14.9. The van der Waals surface area contributed by atoms with Gasteiger partial charge in [-0.1, -0.05) is 0 Å². The zero-order valence-electron chi connectivity index (χ0n) is 10.2. The van der Waals surface area contributed by atoms with E-state index in [1.165, 1.54) is 0 Å². The number of rotatable bonds is 6. The summed E-state index contributed by atoms with van der Waals surface area (Å²) in [5.41, 5.74) is 9.55. The smallest absolute Gasteiger partial charge is 0.548 e. The summed E-state index contributed by atoms with van der Waals surface area (Å²) in [5, 5.41) is 35.4. The Hall–Kier alpha value is -0.914. The van der Waals surface area contributed by atoms with E-state index in [0.29, 0.717) is 0 Å². The first-order valence-corrected chi connectivity index (χ1v) is 4.44. The van der Waals surface area contributed by atoms with Crippen LogP contribution in [0.5, 0.6) is 0 Å². The van der Waals surface area contributed by atoms with Crippen LogP contribution in [-0.4, -0.2) is 69.2 Å². The van der Waals surface area contributed by atoms with Gasteiger partial charge in [0.2, 0.25) is 0 Å². The van der Waals surface area contributed by atoms with Crippen LogP contribution in [0.1, 0.15) is 12.8 Å². The van der Waals surface area contributed by atoms with Crippen molar-refractivity contribution in [1.29, 1.82) is 0 Å². The summed E-state index contributed by atoms with van der Waals surface area (Å²) < 4.78 is 0. The summed E-state index contributed by atoms with van der Waals surface area (Å²) in [7, 11) is 0. The number of carbonyl (C=O) groups excluding carboxylic acids is 2. The Bertz CT molecular complexity index is 308. The number of nitrogens with two attached hydrogens (primary N) is 2. The van der Waals surface area contributed by atoms with Crippen LogP contribution in [0, 0.1) is 0 Å². The van der Waals surface area contributed by atoms with Gasteiger partial charge < -0.3 is 41.5 Å². The SMILES string of the molecule is N[C@@H](CC(=O)O)C(=O)[O-].N[C@@H](CC(=O)O)C(=O)[O-].[Mg+2].[Mn]. The second-order valence-corrected chi connectivity index (χ2v) is 3.05. The maximum Gasteiger partial charge on any atom is 2.00 e. The van der Waals surface area contributed by atoms with Crippen molar-refractivity contribution in [2.45, 2.75) is 24.9 Å².